The van der Waals surface area contributed by atoms with Crippen LogP contribution in [-0.2, 0) is 19.3 Å². The molecule has 2 atom stereocenters. The van der Waals surface area contributed by atoms with Gasteiger partial charge in [-0.1, -0.05) is 15.9 Å². The Morgan fingerprint density at radius 1 is 1.25 bits per heavy atom. The zero-order valence-corrected chi connectivity index (χ0v) is 12.3. The van der Waals surface area contributed by atoms with Crippen LogP contribution < -0.4 is 0 Å². The van der Waals surface area contributed by atoms with Gasteiger partial charge in [0.2, 0.25) is 0 Å². The maximum absolute atomic E-state index is 11.3. The molecular formula is C10H19BrO4S. The first-order valence-corrected chi connectivity index (χ1v) is 8.03. The van der Waals surface area contributed by atoms with Crippen LogP contribution in [0.25, 0.3) is 0 Å². The van der Waals surface area contributed by atoms with Gasteiger partial charge in [-0.3, -0.25) is 0 Å². The number of ether oxygens (including phenoxy) is 2. The van der Waals surface area contributed by atoms with E-state index in [2.05, 4.69) is 15.9 Å². The summed E-state index contributed by atoms with van der Waals surface area (Å²) >= 11 is 3.33. The van der Waals surface area contributed by atoms with E-state index >= 15 is 0 Å². The second-order valence-corrected chi connectivity index (χ2v) is 8.29. The van der Waals surface area contributed by atoms with Crippen molar-refractivity contribution >= 4 is 25.8 Å². The van der Waals surface area contributed by atoms with Crippen molar-refractivity contribution in [1.82, 2.24) is 0 Å². The molecule has 1 saturated heterocycles. The minimum absolute atomic E-state index is 0.0906. The molecule has 0 amide bonds. The third kappa shape index (κ3) is 5.12. The summed E-state index contributed by atoms with van der Waals surface area (Å²) in [6, 6.07) is 0. The predicted molar refractivity (Wildman–Crippen MR) is 66.8 cm³/mol. The minimum Gasteiger partial charge on any atom is -0.374 e. The summed E-state index contributed by atoms with van der Waals surface area (Å²) in [6.45, 7) is 6.83. The lowest BCUT2D eigenvalue weighted by molar-refractivity contribution is -0.0460. The lowest BCUT2D eigenvalue weighted by atomic mass is 10.2. The molecule has 0 aromatic rings. The summed E-state index contributed by atoms with van der Waals surface area (Å²) in [5.74, 6) is 0.274. The predicted octanol–water partition coefficient (Wildman–Crippen LogP) is 1.38. The van der Waals surface area contributed by atoms with Gasteiger partial charge in [-0.05, 0) is 20.8 Å². The highest BCUT2D eigenvalue weighted by molar-refractivity contribution is 9.09. The van der Waals surface area contributed by atoms with Crippen LogP contribution in [0.4, 0.5) is 0 Å². The highest BCUT2D eigenvalue weighted by Gasteiger charge is 2.36. The fourth-order valence-electron chi connectivity index (χ4n) is 1.47. The second kappa shape index (κ2) is 5.33. The van der Waals surface area contributed by atoms with Crippen LogP contribution >= 0.6 is 15.9 Å². The molecule has 16 heavy (non-hydrogen) atoms. The normalized spacial score (nSPS) is 29.5. The molecule has 0 aromatic heterocycles. The molecule has 1 heterocycles. The van der Waals surface area contributed by atoms with Crippen LogP contribution in [0.15, 0.2) is 0 Å². The van der Waals surface area contributed by atoms with Gasteiger partial charge >= 0.3 is 0 Å². The molecule has 0 N–H and O–H groups in total. The van der Waals surface area contributed by atoms with Crippen molar-refractivity contribution in [2.24, 2.45) is 0 Å². The number of sulfone groups is 1. The van der Waals surface area contributed by atoms with E-state index in [-0.39, 0.29) is 28.0 Å². The van der Waals surface area contributed by atoms with E-state index in [0.717, 1.165) is 0 Å². The van der Waals surface area contributed by atoms with Gasteiger partial charge < -0.3 is 9.47 Å². The average Bonchev–Trinajstić information content (AvgIpc) is 2.32. The number of alkyl halides is 1. The third-order valence-electron chi connectivity index (χ3n) is 2.19. The van der Waals surface area contributed by atoms with Crippen LogP contribution in [0.2, 0.25) is 0 Å². The molecule has 96 valence electrons. The highest BCUT2D eigenvalue weighted by Crippen LogP contribution is 2.22. The van der Waals surface area contributed by atoms with Crippen molar-refractivity contribution in [2.45, 2.75) is 37.3 Å². The lowest BCUT2D eigenvalue weighted by Gasteiger charge is -2.20. The molecule has 0 aliphatic carbocycles. The van der Waals surface area contributed by atoms with E-state index < -0.39 is 9.84 Å². The van der Waals surface area contributed by atoms with Gasteiger partial charge in [0, 0.05) is 0 Å². The molecule has 0 spiro atoms. The Balaban J connectivity index is 2.24. The number of halogens is 1. The maximum atomic E-state index is 11.3. The average molecular weight is 315 g/mol. The zero-order valence-electron chi connectivity index (χ0n) is 9.90. The SMILES string of the molecule is CC(C)(C)OCCOC1CS(=O)(=O)CC1Br. The number of hydrogen-bond donors (Lipinski definition) is 0. The van der Waals surface area contributed by atoms with Crippen molar-refractivity contribution in [1.29, 1.82) is 0 Å². The van der Waals surface area contributed by atoms with Crippen LogP contribution in [0, 0.1) is 0 Å². The quantitative estimate of drug-likeness (QED) is 0.581. The van der Waals surface area contributed by atoms with Gasteiger partial charge in [0.25, 0.3) is 0 Å². The second-order valence-electron chi connectivity index (χ2n) is 4.96. The van der Waals surface area contributed by atoms with Gasteiger partial charge in [-0.15, -0.1) is 0 Å². The first-order chi connectivity index (χ1) is 7.20. The molecule has 1 aliphatic heterocycles. The molecule has 1 rings (SSSR count). The van der Waals surface area contributed by atoms with Crippen molar-refractivity contribution in [2.75, 3.05) is 24.7 Å². The first-order valence-electron chi connectivity index (χ1n) is 5.30. The molecule has 1 fully saturated rings. The van der Waals surface area contributed by atoms with Crippen LogP contribution in [-0.4, -0.2) is 49.7 Å². The van der Waals surface area contributed by atoms with E-state index in [0.29, 0.717) is 13.2 Å². The molecule has 0 saturated carbocycles. The molecule has 6 heteroatoms. The Kier molecular flexibility index (Phi) is 4.80. The summed E-state index contributed by atoms with van der Waals surface area (Å²) < 4.78 is 33.6. The fraction of sp³-hybridized carbons (Fsp3) is 1.00. The summed E-state index contributed by atoms with van der Waals surface area (Å²) in [5.41, 5.74) is -0.182. The van der Waals surface area contributed by atoms with E-state index in [1.807, 2.05) is 20.8 Å². The van der Waals surface area contributed by atoms with Crippen molar-refractivity contribution in [3.8, 4) is 0 Å². The van der Waals surface area contributed by atoms with Crippen molar-refractivity contribution < 1.29 is 17.9 Å². The Hall–Kier alpha value is 0.350. The van der Waals surface area contributed by atoms with Crippen LogP contribution in [0.1, 0.15) is 20.8 Å². The maximum Gasteiger partial charge on any atom is 0.154 e. The minimum atomic E-state index is -2.92. The van der Waals surface area contributed by atoms with Gasteiger partial charge in [-0.25, -0.2) is 8.42 Å². The zero-order chi connectivity index (χ0) is 12.4. The van der Waals surface area contributed by atoms with Gasteiger partial charge in [-0.2, -0.15) is 0 Å². The number of rotatable bonds is 4. The van der Waals surface area contributed by atoms with E-state index in [9.17, 15) is 8.42 Å². The molecule has 4 nitrogen and oxygen atoms in total. The first kappa shape index (κ1) is 14.4. The molecule has 2 unspecified atom stereocenters. The largest absolute Gasteiger partial charge is 0.374 e. The Morgan fingerprint density at radius 3 is 2.31 bits per heavy atom. The van der Waals surface area contributed by atoms with E-state index in [1.165, 1.54) is 0 Å². The fourth-order valence-corrected chi connectivity index (χ4v) is 4.93. The Bertz CT molecular complexity index is 320. The molecule has 0 bridgehead atoms. The highest BCUT2D eigenvalue weighted by atomic mass is 79.9. The van der Waals surface area contributed by atoms with Crippen LogP contribution in [0.5, 0.6) is 0 Å². The Labute approximate surface area is 106 Å². The van der Waals surface area contributed by atoms with Gasteiger partial charge in [0.05, 0.1) is 41.3 Å². The van der Waals surface area contributed by atoms with Gasteiger partial charge in [0.15, 0.2) is 9.84 Å². The van der Waals surface area contributed by atoms with E-state index in [4.69, 9.17) is 9.47 Å². The van der Waals surface area contributed by atoms with Crippen molar-refractivity contribution in [3.05, 3.63) is 0 Å². The Morgan fingerprint density at radius 2 is 1.88 bits per heavy atom. The molecule has 0 radical (unpaired) electrons. The summed E-state index contributed by atoms with van der Waals surface area (Å²) in [7, 11) is -2.92. The standard InChI is InChI=1S/C10H19BrO4S/c1-10(2,3)15-5-4-14-9-7-16(12,13)6-8(9)11/h8-9H,4-7H2,1-3H3. The monoisotopic (exact) mass is 314 g/mol. The molecule has 1 aliphatic rings. The third-order valence-corrected chi connectivity index (χ3v) is 5.23. The summed E-state index contributed by atoms with van der Waals surface area (Å²) in [4.78, 5) is -0.0906. The van der Waals surface area contributed by atoms with Crippen molar-refractivity contribution in [3.63, 3.8) is 0 Å². The van der Waals surface area contributed by atoms with E-state index in [1.54, 1.807) is 0 Å². The van der Waals surface area contributed by atoms with Crippen LogP contribution in [0.3, 0.4) is 0 Å². The molecule has 0 aromatic carbocycles. The molecular weight excluding hydrogens is 296 g/mol. The number of hydrogen-bond acceptors (Lipinski definition) is 4. The topological polar surface area (TPSA) is 52.6 Å². The lowest BCUT2D eigenvalue weighted by Crippen LogP contribution is -2.27. The van der Waals surface area contributed by atoms with Gasteiger partial charge in [0.1, 0.15) is 0 Å². The smallest absolute Gasteiger partial charge is 0.154 e. The summed E-state index contributed by atoms with van der Waals surface area (Å²) in [6.07, 6.45) is -0.242. The summed E-state index contributed by atoms with van der Waals surface area (Å²) in [5, 5.41) is 0.